The van der Waals surface area contributed by atoms with Gasteiger partial charge in [-0.1, -0.05) is 6.07 Å². The third-order valence-electron chi connectivity index (χ3n) is 6.21. The van der Waals surface area contributed by atoms with Gasteiger partial charge in [0, 0.05) is 60.2 Å². The van der Waals surface area contributed by atoms with E-state index in [1.165, 1.54) is 0 Å². The molecule has 1 aromatic carbocycles. The number of nitrogen functional groups attached to an aromatic ring is 2. The standard InChI is InChI=1S/C23H25N7O2S/c1-13(31)29-7-5-15(6-8-29)30-12-14(10-28-30)18-11-27-23(25)21-17(18)9-20(32-21)16-3-2-4-19(24)22(16)33-26/h2-4,9-12,15H,5-8,24,26H2,1H3,(H2,25,27). The number of rotatable bonds is 4. The molecule has 0 spiro atoms. The number of hydrogen-bond acceptors (Lipinski definition) is 8. The van der Waals surface area contributed by atoms with E-state index in [0.717, 1.165) is 64.9 Å². The van der Waals surface area contributed by atoms with Crippen LogP contribution in [0.1, 0.15) is 25.8 Å². The molecule has 0 bridgehead atoms. The molecule has 0 atom stereocenters. The van der Waals surface area contributed by atoms with Gasteiger partial charge in [0.05, 0.1) is 17.1 Å². The van der Waals surface area contributed by atoms with E-state index < -0.39 is 0 Å². The average molecular weight is 464 g/mol. The van der Waals surface area contributed by atoms with E-state index in [4.69, 9.17) is 21.0 Å². The molecule has 5 rings (SSSR count). The number of pyridine rings is 1. The van der Waals surface area contributed by atoms with Crippen molar-refractivity contribution in [3.8, 4) is 22.5 Å². The Balaban J connectivity index is 1.51. The molecule has 170 valence electrons. The minimum Gasteiger partial charge on any atom is -0.452 e. The highest BCUT2D eigenvalue weighted by atomic mass is 32.2. The van der Waals surface area contributed by atoms with Crippen molar-refractivity contribution >= 4 is 40.3 Å². The lowest BCUT2D eigenvalue weighted by atomic mass is 10.0. The maximum absolute atomic E-state index is 11.6. The third-order valence-corrected chi connectivity index (χ3v) is 6.90. The predicted octanol–water partition coefficient (Wildman–Crippen LogP) is 3.67. The van der Waals surface area contributed by atoms with Gasteiger partial charge in [-0.2, -0.15) is 5.10 Å². The highest BCUT2D eigenvalue weighted by molar-refractivity contribution is 7.97. The Morgan fingerprint density at radius 3 is 2.70 bits per heavy atom. The van der Waals surface area contributed by atoms with E-state index in [1.807, 2.05) is 40.2 Å². The fourth-order valence-corrected chi connectivity index (χ4v) is 4.91. The molecule has 10 heteroatoms. The molecule has 1 amide bonds. The van der Waals surface area contributed by atoms with Gasteiger partial charge in [0.2, 0.25) is 5.91 Å². The first-order valence-corrected chi connectivity index (χ1v) is 11.6. The number of hydrogen-bond donors (Lipinski definition) is 3. The van der Waals surface area contributed by atoms with Crippen molar-refractivity contribution in [3.05, 3.63) is 42.9 Å². The van der Waals surface area contributed by atoms with Gasteiger partial charge in [-0.05, 0) is 43.0 Å². The summed E-state index contributed by atoms with van der Waals surface area (Å²) < 4.78 is 8.11. The number of anilines is 2. The molecule has 1 saturated heterocycles. The Bertz CT molecular complexity index is 1340. The molecule has 4 heterocycles. The number of nitrogens with zero attached hydrogens (tertiary/aromatic N) is 4. The summed E-state index contributed by atoms with van der Waals surface area (Å²) in [5.74, 6) is 1.06. The number of carbonyl (C=O) groups is 1. The van der Waals surface area contributed by atoms with Crippen LogP contribution in [0.15, 0.2) is 52.2 Å². The van der Waals surface area contributed by atoms with Gasteiger partial charge in [0.25, 0.3) is 0 Å². The zero-order valence-corrected chi connectivity index (χ0v) is 19.0. The van der Waals surface area contributed by atoms with Gasteiger partial charge in [-0.15, -0.1) is 0 Å². The van der Waals surface area contributed by atoms with Gasteiger partial charge in [0.1, 0.15) is 5.76 Å². The van der Waals surface area contributed by atoms with E-state index >= 15 is 0 Å². The quantitative estimate of drug-likeness (QED) is 0.307. The van der Waals surface area contributed by atoms with E-state index in [1.54, 1.807) is 19.2 Å². The Labute approximate surface area is 195 Å². The second kappa shape index (κ2) is 8.45. The SMILES string of the molecule is CC(=O)N1CCC(n2cc(-c3cnc(N)c4oc(-c5cccc(N)c5SN)cc34)cn2)CC1. The molecule has 3 aromatic heterocycles. The maximum Gasteiger partial charge on any atom is 0.219 e. The zero-order chi connectivity index (χ0) is 23.1. The first-order valence-electron chi connectivity index (χ1n) is 10.7. The largest absolute Gasteiger partial charge is 0.452 e. The lowest BCUT2D eigenvalue weighted by Gasteiger charge is -2.31. The van der Waals surface area contributed by atoms with Crippen molar-refractivity contribution < 1.29 is 9.21 Å². The van der Waals surface area contributed by atoms with Gasteiger partial charge in [-0.3, -0.25) is 14.6 Å². The number of likely N-dealkylation sites (tertiary alicyclic amines) is 1. The molecule has 33 heavy (non-hydrogen) atoms. The highest BCUT2D eigenvalue weighted by Gasteiger charge is 2.23. The second-order valence-electron chi connectivity index (χ2n) is 8.20. The smallest absolute Gasteiger partial charge is 0.219 e. The summed E-state index contributed by atoms with van der Waals surface area (Å²) in [6.45, 7) is 3.11. The van der Waals surface area contributed by atoms with E-state index in [9.17, 15) is 4.79 Å². The summed E-state index contributed by atoms with van der Waals surface area (Å²) in [6.07, 6.45) is 7.35. The number of aromatic nitrogens is 3. The lowest BCUT2D eigenvalue weighted by molar-refractivity contribution is -0.130. The molecule has 4 aromatic rings. The number of fused-ring (bicyclic) bond motifs is 1. The minimum absolute atomic E-state index is 0.122. The molecular weight excluding hydrogens is 438 g/mol. The van der Waals surface area contributed by atoms with Crippen LogP contribution in [-0.2, 0) is 4.79 Å². The van der Waals surface area contributed by atoms with Gasteiger partial charge in [0.15, 0.2) is 11.4 Å². The van der Waals surface area contributed by atoms with Gasteiger partial charge >= 0.3 is 0 Å². The Morgan fingerprint density at radius 2 is 1.97 bits per heavy atom. The maximum atomic E-state index is 11.6. The van der Waals surface area contributed by atoms with Crippen molar-refractivity contribution in [2.75, 3.05) is 24.6 Å². The number of amides is 1. The zero-order valence-electron chi connectivity index (χ0n) is 18.2. The summed E-state index contributed by atoms with van der Waals surface area (Å²) in [4.78, 5) is 18.6. The molecular formula is C23H25N7O2S. The number of carbonyl (C=O) groups excluding carboxylic acids is 1. The molecule has 0 saturated carbocycles. The molecule has 9 nitrogen and oxygen atoms in total. The molecule has 0 aliphatic carbocycles. The van der Waals surface area contributed by atoms with Crippen molar-refractivity contribution in [2.45, 2.75) is 30.7 Å². The lowest BCUT2D eigenvalue weighted by Crippen LogP contribution is -2.37. The molecule has 1 aliphatic heterocycles. The van der Waals surface area contributed by atoms with E-state index in [0.29, 0.717) is 22.8 Å². The molecule has 0 radical (unpaired) electrons. The highest BCUT2D eigenvalue weighted by Crippen LogP contribution is 2.40. The second-order valence-corrected chi connectivity index (χ2v) is 8.84. The van der Waals surface area contributed by atoms with Crippen LogP contribution in [0, 0.1) is 0 Å². The van der Waals surface area contributed by atoms with Crippen LogP contribution in [0.2, 0.25) is 0 Å². The molecule has 1 fully saturated rings. The van der Waals surface area contributed by atoms with E-state index in [2.05, 4.69) is 10.1 Å². The average Bonchev–Trinajstić information content (AvgIpc) is 3.48. The molecule has 1 aliphatic rings. The predicted molar refractivity (Wildman–Crippen MR) is 130 cm³/mol. The number of benzene rings is 1. The first-order chi connectivity index (χ1) is 16.0. The summed E-state index contributed by atoms with van der Waals surface area (Å²) in [5.41, 5.74) is 16.0. The van der Waals surface area contributed by atoms with Crippen molar-refractivity contribution in [2.24, 2.45) is 5.14 Å². The minimum atomic E-state index is 0.122. The summed E-state index contributed by atoms with van der Waals surface area (Å²) in [6, 6.07) is 7.78. The molecule has 0 unspecified atom stereocenters. The van der Waals surface area contributed by atoms with E-state index in [-0.39, 0.29) is 11.9 Å². The number of nitrogens with two attached hydrogens (primary N) is 3. The van der Waals surface area contributed by atoms with Crippen LogP contribution in [0.25, 0.3) is 33.4 Å². The van der Waals surface area contributed by atoms with Crippen LogP contribution in [0.4, 0.5) is 11.5 Å². The Kier molecular flexibility index (Phi) is 5.47. The van der Waals surface area contributed by atoms with Crippen LogP contribution in [0.5, 0.6) is 0 Å². The van der Waals surface area contributed by atoms with Crippen molar-refractivity contribution in [1.82, 2.24) is 19.7 Å². The summed E-state index contributed by atoms with van der Waals surface area (Å²) >= 11 is 1.08. The van der Waals surface area contributed by atoms with Crippen LogP contribution >= 0.6 is 11.9 Å². The monoisotopic (exact) mass is 463 g/mol. The number of furan rings is 1. The van der Waals surface area contributed by atoms with Crippen molar-refractivity contribution in [1.29, 1.82) is 0 Å². The fourth-order valence-electron chi connectivity index (χ4n) is 4.41. The summed E-state index contributed by atoms with van der Waals surface area (Å²) in [7, 11) is 0. The van der Waals surface area contributed by atoms with Crippen LogP contribution < -0.4 is 16.6 Å². The normalized spacial score (nSPS) is 14.8. The van der Waals surface area contributed by atoms with Crippen molar-refractivity contribution in [3.63, 3.8) is 0 Å². The Morgan fingerprint density at radius 1 is 1.18 bits per heavy atom. The van der Waals surface area contributed by atoms with Crippen LogP contribution in [0.3, 0.4) is 0 Å². The van der Waals surface area contributed by atoms with Crippen LogP contribution in [-0.4, -0.2) is 38.7 Å². The fraction of sp³-hybridized carbons (Fsp3) is 0.261. The van der Waals surface area contributed by atoms with Gasteiger partial charge < -0.3 is 20.8 Å². The third kappa shape index (κ3) is 3.81. The van der Waals surface area contributed by atoms with Gasteiger partial charge in [-0.25, -0.2) is 4.98 Å². The topological polar surface area (TPSA) is 142 Å². The summed E-state index contributed by atoms with van der Waals surface area (Å²) in [5, 5.41) is 11.3. The number of piperidine rings is 1. The molecule has 6 N–H and O–H groups in total. The Hall–Kier alpha value is -3.50. The first kappa shape index (κ1) is 21.4.